The molecular weight excluding hydrogens is 148 g/mol. The number of aliphatic carboxylic acids is 1. The van der Waals surface area contributed by atoms with E-state index in [0.29, 0.717) is 0 Å². The predicted octanol–water partition coefficient (Wildman–Crippen LogP) is -0.754. The van der Waals surface area contributed by atoms with E-state index in [1.165, 1.54) is 6.92 Å². The molecule has 0 spiro atoms. The summed E-state index contributed by atoms with van der Waals surface area (Å²) in [6.45, 7) is 4.64. The van der Waals surface area contributed by atoms with Crippen molar-refractivity contribution in [2.75, 3.05) is 6.61 Å². The van der Waals surface area contributed by atoms with Gasteiger partial charge in [-0.25, -0.2) is 4.79 Å². The molecular formula is C7H9O4-. The highest BCUT2D eigenvalue weighted by Crippen LogP contribution is 1.92. The van der Waals surface area contributed by atoms with Gasteiger partial charge in [0.25, 0.3) is 0 Å². The molecule has 4 heteroatoms. The maximum atomic E-state index is 10.6. The molecule has 0 atom stereocenters. The number of hydrogen-bond acceptors (Lipinski definition) is 4. The number of carbonyl (C=O) groups is 2. The molecule has 0 fully saturated rings. The molecule has 0 aromatic carbocycles. The normalized spacial score (nSPS) is 8.82. The Hall–Kier alpha value is -1.32. The van der Waals surface area contributed by atoms with E-state index in [9.17, 15) is 14.7 Å². The van der Waals surface area contributed by atoms with Gasteiger partial charge in [-0.2, -0.15) is 0 Å². The van der Waals surface area contributed by atoms with Crippen LogP contribution in [-0.2, 0) is 14.3 Å². The third-order valence-corrected chi connectivity index (χ3v) is 0.888. The lowest BCUT2D eigenvalue weighted by atomic mass is 10.4. The topological polar surface area (TPSA) is 66.4 Å². The first-order valence-corrected chi connectivity index (χ1v) is 3.06. The van der Waals surface area contributed by atoms with Gasteiger partial charge in [0.15, 0.2) is 0 Å². The molecule has 0 aromatic heterocycles. The standard InChI is InChI=1S/C7H10O4/c1-5(2)7(10)11-4-3-6(8)9/h1,3-4H2,2H3,(H,8,9)/p-1. The van der Waals surface area contributed by atoms with Crippen LogP contribution < -0.4 is 5.11 Å². The molecule has 0 saturated carbocycles. The third-order valence-electron chi connectivity index (χ3n) is 0.888. The van der Waals surface area contributed by atoms with Crippen molar-refractivity contribution in [2.45, 2.75) is 13.3 Å². The molecule has 0 rings (SSSR count). The average Bonchev–Trinajstić information content (AvgIpc) is 1.86. The Bertz CT molecular complexity index is 183. The monoisotopic (exact) mass is 157 g/mol. The molecule has 0 aliphatic rings. The van der Waals surface area contributed by atoms with E-state index < -0.39 is 11.9 Å². The summed E-state index contributed by atoms with van der Waals surface area (Å²) in [7, 11) is 0. The van der Waals surface area contributed by atoms with Crippen LogP contribution in [-0.4, -0.2) is 18.5 Å². The summed E-state index contributed by atoms with van der Waals surface area (Å²) in [5.41, 5.74) is 0.253. The highest BCUT2D eigenvalue weighted by Gasteiger charge is 2.01. The van der Waals surface area contributed by atoms with Crippen LogP contribution in [0.3, 0.4) is 0 Å². The van der Waals surface area contributed by atoms with E-state index in [1.807, 2.05) is 0 Å². The van der Waals surface area contributed by atoms with Gasteiger partial charge in [-0.3, -0.25) is 0 Å². The number of esters is 1. The highest BCUT2D eigenvalue weighted by molar-refractivity contribution is 5.87. The Balaban J connectivity index is 3.47. The van der Waals surface area contributed by atoms with Gasteiger partial charge in [-0.1, -0.05) is 6.58 Å². The summed E-state index contributed by atoms with van der Waals surface area (Å²) in [5.74, 6) is -1.81. The fraction of sp³-hybridized carbons (Fsp3) is 0.429. The van der Waals surface area contributed by atoms with Crippen LogP contribution >= 0.6 is 0 Å². The Morgan fingerprint density at radius 1 is 1.55 bits per heavy atom. The molecule has 0 heterocycles. The van der Waals surface area contributed by atoms with E-state index >= 15 is 0 Å². The lowest BCUT2D eigenvalue weighted by Crippen LogP contribution is -2.24. The number of ether oxygens (including phenoxy) is 1. The van der Waals surface area contributed by atoms with E-state index in [4.69, 9.17) is 0 Å². The van der Waals surface area contributed by atoms with Gasteiger partial charge in [-0.15, -0.1) is 0 Å². The first-order valence-electron chi connectivity index (χ1n) is 3.06. The molecule has 0 bridgehead atoms. The Labute approximate surface area is 64.5 Å². The average molecular weight is 157 g/mol. The largest absolute Gasteiger partial charge is 0.550 e. The van der Waals surface area contributed by atoms with E-state index in [1.54, 1.807) is 0 Å². The van der Waals surface area contributed by atoms with Gasteiger partial charge >= 0.3 is 5.97 Å². The van der Waals surface area contributed by atoms with E-state index in [0.717, 1.165) is 0 Å². The Morgan fingerprint density at radius 2 is 2.09 bits per heavy atom. The number of carbonyl (C=O) groups excluding carboxylic acids is 2. The van der Waals surface area contributed by atoms with Crippen molar-refractivity contribution in [2.24, 2.45) is 0 Å². The molecule has 4 nitrogen and oxygen atoms in total. The summed E-state index contributed by atoms with van der Waals surface area (Å²) in [5, 5.41) is 9.83. The maximum Gasteiger partial charge on any atom is 0.333 e. The van der Waals surface area contributed by atoms with Crippen molar-refractivity contribution in [1.29, 1.82) is 0 Å². The Kier molecular flexibility index (Phi) is 3.95. The summed E-state index contributed by atoms with van der Waals surface area (Å²) in [4.78, 5) is 20.4. The van der Waals surface area contributed by atoms with Crippen LogP contribution in [0.1, 0.15) is 13.3 Å². The maximum absolute atomic E-state index is 10.6. The van der Waals surface area contributed by atoms with Crippen LogP contribution in [0.2, 0.25) is 0 Å². The van der Waals surface area contributed by atoms with Crippen molar-refractivity contribution in [3.8, 4) is 0 Å². The first kappa shape index (κ1) is 9.68. The van der Waals surface area contributed by atoms with Crippen LogP contribution in [0, 0.1) is 0 Å². The minimum absolute atomic E-state index is 0.159. The zero-order chi connectivity index (χ0) is 8.85. The fourth-order valence-corrected chi connectivity index (χ4v) is 0.350. The molecule has 0 aromatic rings. The summed E-state index contributed by atoms with van der Waals surface area (Å²) in [6.07, 6.45) is -0.279. The van der Waals surface area contributed by atoms with Crippen molar-refractivity contribution < 1.29 is 19.4 Å². The van der Waals surface area contributed by atoms with E-state index in [2.05, 4.69) is 11.3 Å². The number of carboxylic acid groups (broad SMARTS) is 1. The van der Waals surface area contributed by atoms with Crippen LogP contribution in [0.25, 0.3) is 0 Å². The van der Waals surface area contributed by atoms with Crippen molar-refractivity contribution in [3.63, 3.8) is 0 Å². The summed E-state index contributed by atoms with van der Waals surface area (Å²) >= 11 is 0. The quantitative estimate of drug-likeness (QED) is 0.397. The molecule has 0 amide bonds. The second-order valence-corrected chi connectivity index (χ2v) is 2.04. The fourth-order valence-electron chi connectivity index (χ4n) is 0.350. The number of hydrogen-bond donors (Lipinski definition) is 0. The number of rotatable bonds is 4. The van der Waals surface area contributed by atoms with Gasteiger partial charge in [0.2, 0.25) is 0 Å². The number of carboxylic acids is 1. The zero-order valence-electron chi connectivity index (χ0n) is 6.25. The third kappa shape index (κ3) is 5.14. The van der Waals surface area contributed by atoms with Gasteiger partial charge in [-0.05, 0) is 6.92 Å². The highest BCUT2D eigenvalue weighted by atomic mass is 16.5. The van der Waals surface area contributed by atoms with Crippen LogP contribution in [0.4, 0.5) is 0 Å². The van der Waals surface area contributed by atoms with Crippen LogP contribution in [0.5, 0.6) is 0 Å². The smallest absolute Gasteiger partial charge is 0.333 e. The van der Waals surface area contributed by atoms with Crippen molar-refractivity contribution >= 4 is 11.9 Å². The van der Waals surface area contributed by atoms with Gasteiger partial charge in [0.1, 0.15) is 0 Å². The zero-order valence-corrected chi connectivity index (χ0v) is 6.25. The summed E-state index contributed by atoms with van der Waals surface area (Å²) < 4.78 is 4.45. The van der Waals surface area contributed by atoms with Gasteiger partial charge < -0.3 is 14.6 Å². The molecule has 0 radical (unpaired) electrons. The minimum atomic E-state index is -1.24. The molecule has 0 aliphatic carbocycles. The molecule has 0 N–H and O–H groups in total. The van der Waals surface area contributed by atoms with E-state index in [-0.39, 0.29) is 18.6 Å². The molecule has 0 saturated heterocycles. The molecule has 0 aliphatic heterocycles. The van der Waals surface area contributed by atoms with Gasteiger partial charge in [0.05, 0.1) is 6.61 Å². The molecule has 62 valence electrons. The van der Waals surface area contributed by atoms with Crippen molar-refractivity contribution in [1.82, 2.24) is 0 Å². The summed E-state index contributed by atoms with van der Waals surface area (Å²) in [6, 6.07) is 0. The second-order valence-electron chi connectivity index (χ2n) is 2.04. The lowest BCUT2D eigenvalue weighted by Gasteiger charge is -2.03. The minimum Gasteiger partial charge on any atom is -0.550 e. The van der Waals surface area contributed by atoms with Crippen molar-refractivity contribution in [3.05, 3.63) is 12.2 Å². The van der Waals surface area contributed by atoms with Gasteiger partial charge in [0, 0.05) is 18.0 Å². The molecule has 0 unspecified atom stereocenters. The van der Waals surface area contributed by atoms with Crippen LogP contribution in [0.15, 0.2) is 12.2 Å². The first-order chi connectivity index (χ1) is 5.04. The predicted molar refractivity (Wildman–Crippen MR) is 35.4 cm³/mol. The second kappa shape index (κ2) is 4.49. The Morgan fingerprint density at radius 3 is 2.45 bits per heavy atom. The molecule has 11 heavy (non-hydrogen) atoms. The SMILES string of the molecule is C=C(C)C(=O)OCCC(=O)[O-]. The lowest BCUT2D eigenvalue weighted by molar-refractivity contribution is -0.306.